The average Bonchev–Trinajstić information content (AvgIpc) is 2.74. The van der Waals surface area contributed by atoms with Gasteiger partial charge in [0.05, 0.1) is 13.2 Å². The van der Waals surface area contributed by atoms with Crippen molar-refractivity contribution in [2.75, 3.05) is 79.7 Å². The molecular formula is C21H43IN6O2. The second kappa shape index (κ2) is 16.0. The number of nitrogens with one attached hydrogen (secondary N) is 2. The molecule has 2 heterocycles. The van der Waals surface area contributed by atoms with Crippen molar-refractivity contribution >= 4 is 35.8 Å². The van der Waals surface area contributed by atoms with E-state index in [1.54, 1.807) is 19.0 Å². The first-order valence-corrected chi connectivity index (χ1v) is 11.4. The van der Waals surface area contributed by atoms with Crippen LogP contribution >= 0.6 is 24.0 Å². The predicted molar refractivity (Wildman–Crippen MR) is 134 cm³/mol. The minimum Gasteiger partial charge on any atom is -0.379 e. The molecule has 0 atom stereocenters. The summed E-state index contributed by atoms with van der Waals surface area (Å²) in [6.07, 6.45) is 5.84. The van der Waals surface area contributed by atoms with Crippen molar-refractivity contribution in [3.63, 3.8) is 0 Å². The van der Waals surface area contributed by atoms with E-state index in [0.29, 0.717) is 6.04 Å². The van der Waals surface area contributed by atoms with E-state index in [1.807, 2.05) is 0 Å². The molecule has 2 rings (SSSR count). The van der Waals surface area contributed by atoms with Gasteiger partial charge in [-0.2, -0.15) is 0 Å². The fraction of sp³-hybridized carbons (Fsp3) is 0.905. The molecule has 0 aromatic carbocycles. The molecule has 0 aromatic heterocycles. The first-order valence-electron chi connectivity index (χ1n) is 11.4. The van der Waals surface area contributed by atoms with Crippen LogP contribution in [0.3, 0.4) is 0 Å². The van der Waals surface area contributed by atoms with E-state index in [2.05, 4.69) is 32.3 Å². The van der Waals surface area contributed by atoms with Crippen LogP contribution in [0.5, 0.6) is 0 Å². The first-order chi connectivity index (χ1) is 14.1. The number of aliphatic imine (C=N–C) groups is 1. The van der Waals surface area contributed by atoms with Gasteiger partial charge in [-0.3, -0.25) is 9.69 Å². The number of carbonyl (C=O) groups excluding carboxylic acids is 1. The lowest BCUT2D eigenvalue weighted by molar-refractivity contribution is -0.127. The highest BCUT2D eigenvalue weighted by molar-refractivity contribution is 14.0. The lowest BCUT2D eigenvalue weighted by atomic mass is 10.0. The third kappa shape index (κ3) is 11.1. The molecule has 2 fully saturated rings. The molecule has 0 aliphatic carbocycles. The molecule has 0 bridgehead atoms. The summed E-state index contributed by atoms with van der Waals surface area (Å²) in [6.45, 7) is 11.6. The van der Waals surface area contributed by atoms with Gasteiger partial charge in [0.2, 0.25) is 5.91 Å². The molecule has 1 amide bonds. The summed E-state index contributed by atoms with van der Waals surface area (Å²) in [7, 11) is 3.54. The van der Waals surface area contributed by atoms with Crippen molar-refractivity contribution in [1.82, 2.24) is 25.3 Å². The van der Waals surface area contributed by atoms with Gasteiger partial charge in [-0.25, -0.2) is 4.99 Å². The number of rotatable bonds is 10. The minimum absolute atomic E-state index is 0. The van der Waals surface area contributed by atoms with Gasteiger partial charge in [-0.05, 0) is 38.8 Å². The Morgan fingerprint density at radius 1 is 1.07 bits per heavy atom. The number of likely N-dealkylation sites (N-methyl/N-ethyl adjacent to an activating group) is 1. The fourth-order valence-electron chi connectivity index (χ4n) is 3.65. The largest absolute Gasteiger partial charge is 0.379 e. The SMILES string of the molecule is CCCCN1CCC(NC(=NCC(=O)N(C)C)NCCCN2CCOCC2)CC1.I. The number of ether oxygens (including phenoxy) is 1. The normalized spacial score (nSPS) is 19.2. The van der Waals surface area contributed by atoms with Crippen LogP contribution in [0.15, 0.2) is 4.99 Å². The maximum absolute atomic E-state index is 12.0. The van der Waals surface area contributed by atoms with Gasteiger partial charge >= 0.3 is 0 Å². The van der Waals surface area contributed by atoms with Crippen LogP contribution in [0.1, 0.15) is 39.0 Å². The Bertz CT molecular complexity index is 492. The summed E-state index contributed by atoms with van der Waals surface area (Å²) in [6, 6.07) is 0.424. The molecule has 8 nitrogen and oxygen atoms in total. The van der Waals surface area contributed by atoms with Crippen LogP contribution in [0.25, 0.3) is 0 Å². The molecule has 0 saturated carbocycles. The molecule has 2 aliphatic heterocycles. The van der Waals surface area contributed by atoms with Crippen LogP contribution < -0.4 is 10.6 Å². The number of halogens is 1. The van der Waals surface area contributed by atoms with Crippen molar-refractivity contribution in [2.24, 2.45) is 4.99 Å². The Hall–Kier alpha value is -0.650. The van der Waals surface area contributed by atoms with Crippen LogP contribution in [0.2, 0.25) is 0 Å². The van der Waals surface area contributed by atoms with E-state index in [0.717, 1.165) is 77.7 Å². The van der Waals surface area contributed by atoms with E-state index >= 15 is 0 Å². The van der Waals surface area contributed by atoms with Crippen molar-refractivity contribution in [3.05, 3.63) is 0 Å². The molecule has 0 unspecified atom stereocenters. The second-order valence-electron chi connectivity index (χ2n) is 8.30. The van der Waals surface area contributed by atoms with Gasteiger partial charge < -0.3 is 25.2 Å². The molecule has 0 aromatic rings. The van der Waals surface area contributed by atoms with Crippen LogP contribution in [-0.2, 0) is 9.53 Å². The molecule has 9 heteroatoms. The number of likely N-dealkylation sites (tertiary alicyclic amines) is 1. The van der Waals surface area contributed by atoms with Crippen molar-refractivity contribution in [1.29, 1.82) is 0 Å². The number of carbonyl (C=O) groups is 1. The standard InChI is InChI=1S/C21H42N6O2.HI/c1-4-5-10-26-12-7-19(8-13-26)24-21(23-18-20(28)25(2)3)22-9-6-11-27-14-16-29-17-15-27;/h19H,4-18H2,1-3H3,(H2,22,23,24);1H. The molecular weight excluding hydrogens is 495 g/mol. The average molecular weight is 539 g/mol. The van der Waals surface area contributed by atoms with Gasteiger partial charge in [0.25, 0.3) is 0 Å². The summed E-state index contributed by atoms with van der Waals surface area (Å²) >= 11 is 0. The number of amides is 1. The molecule has 2 aliphatic rings. The van der Waals surface area contributed by atoms with Crippen LogP contribution in [0, 0.1) is 0 Å². The van der Waals surface area contributed by atoms with Gasteiger partial charge in [-0.1, -0.05) is 13.3 Å². The van der Waals surface area contributed by atoms with Gasteiger partial charge in [0.1, 0.15) is 6.54 Å². The number of piperidine rings is 1. The zero-order valence-electron chi connectivity index (χ0n) is 19.2. The second-order valence-corrected chi connectivity index (χ2v) is 8.30. The Balaban J connectivity index is 0.00000450. The summed E-state index contributed by atoms with van der Waals surface area (Å²) in [5.74, 6) is 0.794. The molecule has 2 N–H and O–H groups in total. The maximum Gasteiger partial charge on any atom is 0.243 e. The third-order valence-electron chi connectivity index (χ3n) is 5.67. The zero-order chi connectivity index (χ0) is 20.9. The summed E-state index contributed by atoms with van der Waals surface area (Å²) in [5.41, 5.74) is 0. The van der Waals surface area contributed by atoms with E-state index in [9.17, 15) is 4.79 Å². The van der Waals surface area contributed by atoms with Gasteiger partial charge in [0.15, 0.2) is 5.96 Å². The third-order valence-corrected chi connectivity index (χ3v) is 5.67. The highest BCUT2D eigenvalue weighted by Gasteiger charge is 2.20. The quantitative estimate of drug-likeness (QED) is 0.189. The van der Waals surface area contributed by atoms with Crippen molar-refractivity contribution < 1.29 is 9.53 Å². The smallest absolute Gasteiger partial charge is 0.243 e. The van der Waals surface area contributed by atoms with E-state index in [-0.39, 0.29) is 36.4 Å². The number of hydrogen-bond acceptors (Lipinski definition) is 5. The fourth-order valence-corrected chi connectivity index (χ4v) is 3.65. The molecule has 176 valence electrons. The molecule has 0 radical (unpaired) electrons. The minimum atomic E-state index is 0. The zero-order valence-corrected chi connectivity index (χ0v) is 21.5. The molecule has 30 heavy (non-hydrogen) atoms. The van der Waals surface area contributed by atoms with Gasteiger partial charge in [0, 0.05) is 52.9 Å². The molecule has 0 spiro atoms. The van der Waals surface area contributed by atoms with Crippen LogP contribution in [-0.4, -0.2) is 112 Å². The number of guanidine groups is 1. The summed E-state index contributed by atoms with van der Waals surface area (Å²) in [5, 5.41) is 7.02. The predicted octanol–water partition coefficient (Wildman–Crippen LogP) is 1.21. The van der Waals surface area contributed by atoms with Crippen LogP contribution in [0.4, 0.5) is 0 Å². The number of morpholine rings is 1. The Labute approximate surface area is 200 Å². The Morgan fingerprint density at radius 2 is 1.70 bits per heavy atom. The van der Waals surface area contributed by atoms with Gasteiger partial charge in [-0.15, -0.1) is 24.0 Å². The molecule has 2 saturated heterocycles. The van der Waals surface area contributed by atoms with E-state index in [4.69, 9.17) is 4.74 Å². The van der Waals surface area contributed by atoms with Crippen molar-refractivity contribution in [3.8, 4) is 0 Å². The van der Waals surface area contributed by atoms with Crippen molar-refractivity contribution in [2.45, 2.75) is 45.1 Å². The summed E-state index contributed by atoms with van der Waals surface area (Å²) < 4.78 is 5.41. The number of unbranched alkanes of at least 4 members (excludes halogenated alkanes) is 1. The van der Waals surface area contributed by atoms with E-state index in [1.165, 1.54) is 19.4 Å². The van der Waals surface area contributed by atoms with E-state index < -0.39 is 0 Å². The first kappa shape index (κ1) is 27.4. The lowest BCUT2D eigenvalue weighted by Crippen LogP contribution is -2.49. The monoisotopic (exact) mass is 538 g/mol. The summed E-state index contributed by atoms with van der Waals surface area (Å²) in [4.78, 5) is 23.1. The Kier molecular flexibility index (Phi) is 14.6. The number of hydrogen-bond donors (Lipinski definition) is 2. The maximum atomic E-state index is 12.0. The highest BCUT2D eigenvalue weighted by atomic mass is 127. The lowest BCUT2D eigenvalue weighted by Gasteiger charge is -2.33. The Morgan fingerprint density at radius 3 is 2.33 bits per heavy atom. The highest BCUT2D eigenvalue weighted by Crippen LogP contribution is 2.11. The topological polar surface area (TPSA) is 72.4 Å². The number of nitrogens with zero attached hydrogens (tertiary/aromatic N) is 4.